The zero-order chi connectivity index (χ0) is 28.2. The van der Waals surface area contributed by atoms with Gasteiger partial charge in [-0.1, -0.05) is 41.1 Å². The van der Waals surface area contributed by atoms with Crippen LogP contribution in [0.25, 0.3) is 0 Å². The summed E-state index contributed by atoms with van der Waals surface area (Å²) in [5, 5.41) is 10.1. The Bertz CT molecular complexity index is 1500. The second kappa shape index (κ2) is 12.3. The van der Waals surface area contributed by atoms with Crippen LogP contribution in [0.4, 0.5) is 32.5 Å². The molecule has 0 saturated carbocycles. The number of carbonyl (C=O) groups is 1. The molecule has 3 heterocycles. The lowest BCUT2D eigenvalue weighted by Gasteiger charge is -2.32. The maximum absolute atomic E-state index is 14.9. The number of amides is 1. The van der Waals surface area contributed by atoms with Gasteiger partial charge in [0.05, 0.1) is 16.9 Å². The quantitative estimate of drug-likeness (QED) is 0.239. The molecule has 5 rings (SSSR count). The van der Waals surface area contributed by atoms with E-state index >= 15 is 0 Å². The van der Waals surface area contributed by atoms with E-state index in [4.69, 9.17) is 11.6 Å². The van der Waals surface area contributed by atoms with Crippen molar-refractivity contribution in [3.8, 4) is 0 Å². The Kier molecular flexibility index (Phi) is 8.55. The molecule has 0 aliphatic carbocycles. The van der Waals surface area contributed by atoms with E-state index in [1.54, 1.807) is 19.1 Å². The Labute approximate surface area is 241 Å². The first-order chi connectivity index (χ1) is 19.2. The lowest BCUT2D eigenvalue weighted by molar-refractivity contribution is 0.103. The molecule has 0 radical (unpaired) electrons. The molecular formula is C28H30ClFN8OS. The summed E-state index contributed by atoms with van der Waals surface area (Å²) in [5.41, 5.74) is 2.70. The summed E-state index contributed by atoms with van der Waals surface area (Å²) in [6.07, 6.45) is 1.49. The molecule has 2 aromatic carbocycles. The smallest absolute Gasteiger partial charge is 0.267 e. The van der Waals surface area contributed by atoms with Gasteiger partial charge in [-0.2, -0.15) is 0 Å². The van der Waals surface area contributed by atoms with Gasteiger partial charge < -0.3 is 20.9 Å². The number of aryl methyl sites for hydroxylation is 2. The van der Waals surface area contributed by atoms with Gasteiger partial charge in [-0.15, -0.1) is 0 Å². The van der Waals surface area contributed by atoms with Gasteiger partial charge >= 0.3 is 0 Å². The zero-order valence-corrected chi connectivity index (χ0v) is 24.0. The van der Waals surface area contributed by atoms with Crippen LogP contribution >= 0.6 is 22.9 Å². The van der Waals surface area contributed by atoms with Gasteiger partial charge in [-0.05, 0) is 44.7 Å². The van der Waals surface area contributed by atoms with Crippen LogP contribution in [0.3, 0.4) is 0 Å². The predicted octanol–water partition coefficient (Wildman–Crippen LogP) is 5.83. The molecule has 0 spiro atoms. The van der Waals surface area contributed by atoms with E-state index in [0.717, 1.165) is 31.7 Å². The van der Waals surface area contributed by atoms with Gasteiger partial charge in [-0.25, -0.2) is 19.3 Å². The monoisotopic (exact) mass is 580 g/mol. The molecule has 0 atom stereocenters. The fraction of sp³-hybridized carbons (Fsp3) is 0.286. The van der Waals surface area contributed by atoms with E-state index in [2.05, 4.69) is 47.7 Å². The van der Waals surface area contributed by atoms with Crippen molar-refractivity contribution in [1.82, 2.24) is 24.8 Å². The third-order valence-electron chi connectivity index (χ3n) is 6.58. The largest absolute Gasteiger partial charge is 0.340 e. The molecule has 0 unspecified atom stereocenters. The molecule has 0 bridgehead atoms. The predicted molar refractivity (Wildman–Crippen MR) is 159 cm³/mol. The van der Waals surface area contributed by atoms with E-state index in [1.807, 2.05) is 31.2 Å². The van der Waals surface area contributed by atoms with E-state index in [-0.39, 0.29) is 11.7 Å². The topological polar surface area (TPSA) is 98.3 Å². The summed E-state index contributed by atoms with van der Waals surface area (Å²) in [6.45, 7) is 8.07. The van der Waals surface area contributed by atoms with Crippen LogP contribution in [0.1, 0.15) is 26.6 Å². The average molecular weight is 581 g/mol. The number of nitrogens with one attached hydrogen (secondary N) is 3. The van der Waals surface area contributed by atoms with Crippen molar-refractivity contribution < 1.29 is 9.18 Å². The number of anilines is 5. The lowest BCUT2D eigenvalue weighted by Crippen LogP contribution is -2.44. The zero-order valence-electron chi connectivity index (χ0n) is 22.5. The summed E-state index contributed by atoms with van der Waals surface area (Å²) in [7, 11) is 2.10. The molecule has 40 heavy (non-hydrogen) atoms. The molecule has 9 nitrogen and oxygen atoms in total. The van der Waals surface area contributed by atoms with Crippen LogP contribution in [-0.2, 0) is 6.54 Å². The Balaban J connectivity index is 1.23. The first-order valence-electron chi connectivity index (χ1n) is 12.8. The Morgan fingerprint density at radius 2 is 1.80 bits per heavy atom. The number of carbonyl (C=O) groups excluding carboxylic acids is 1. The second-order valence-electron chi connectivity index (χ2n) is 9.74. The standard InChI is InChI=1S/C28H30ClFN8OS/c1-17-5-4-6-21(29)26(17)36-27(39)23-15-31-28(40-23)35-25-14-24(32-18(2)33-25)34-20-8-7-19(22(30)13-20)16-38-11-9-37(3)10-12-38/h4-8,13-15H,9-12,16H2,1-3H3,(H,36,39)(H2,31,32,33,34,35). The van der Waals surface area contributed by atoms with Crippen molar-refractivity contribution in [2.75, 3.05) is 49.2 Å². The summed E-state index contributed by atoms with van der Waals surface area (Å²) >= 11 is 7.42. The van der Waals surface area contributed by atoms with Gasteiger partial charge in [-0.3, -0.25) is 9.69 Å². The van der Waals surface area contributed by atoms with Gasteiger partial charge in [0.15, 0.2) is 5.13 Å². The highest BCUT2D eigenvalue weighted by molar-refractivity contribution is 7.17. The molecular weight excluding hydrogens is 551 g/mol. The number of halogens is 2. The minimum Gasteiger partial charge on any atom is -0.340 e. The van der Waals surface area contributed by atoms with Crippen molar-refractivity contribution in [2.45, 2.75) is 20.4 Å². The first-order valence-corrected chi connectivity index (χ1v) is 14.0. The maximum atomic E-state index is 14.9. The summed E-state index contributed by atoms with van der Waals surface area (Å²) < 4.78 is 14.9. The number of para-hydroxylation sites is 1. The lowest BCUT2D eigenvalue weighted by atomic mass is 10.1. The van der Waals surface area contributed by atoms with Crippen molar-refractivity contribution >= 4 is 57.0 Å². The number of likely N-dealkylation sites (N-methyl/N-ethyl adjacent to an activating group) is 1. The highest BCUT2D eigenvalue weighted by atomic mass is 35.5. The third-order valence-corrected chi connectivity index (χ3v) is 7.80. The normalized spacial score (nSPS) is 14.2. The third kappa shape index (κ3) is 6.92. The highest BCUT2D eigenvalue weighted by Crippen LogP contribution is 2.28. The number of benzene rings is 2. The summed E-state index contributed by atoms with van der Waals surface area (Å²) in [6, 6.07) is 12.3. The molecule has 12 heteroatoms. The Morgan fingerprint density at radius 1 is 1.05 bits per heavy atom. The molecule has 1 amide bonds. The fourth-order valence-corrected chi connectivity index (χ4v) is 5.34. The van der Waals surface area contributed by atoms with Crippen molar-refractivity contribution in [3.63, 3.8) is 0 Å². The van der Waals surface area contributed by atoms with Crippen molar-refractivity contribution in [1.29, 1.82) is 0 Å². The maximum Gasteiger partial charge on any atom is 0.267 e. The van der Waals surface area contributed by atoms with Crippen LogP contribution in [0.2, 0.25) is 5.02 Å². The molecule has 1 aliphatic rings. The number of nitrogens with zero attached hydrogens (tertiary/aromatic N) is 5. The highest BCUT2D eigenvalue weighted by Gasteiger charge is 2.17. The van der Waals surface area contributed by atoms with E-state index in [0.29, 0.717) is 56.0 Å². The van der Waals surface area contributed by atoms with Crippen LogP contribution in [-0.4, -0.2) is 63.9 Å². The molecule has 208 valence electrons. The number of thiazole rings is 1. The molecule has 1 saturated heterocycles. The number of hydrogen-bond donors (Lipinski definition) is 3. The molecule has 1 aliphatic heterocycles. The number of aromatic nitrogens is 3. The van der Waals surface area contributed by atoms with Gasteiger partial charge in [0.2, 0.25) is 0 Å². The van der Waals surface area contributed by atoms with E-state index in [1.165, 1.54) is 23.6 Å². The number of hydrogen-bond acceptors (Lipinski definition) is 9. The second-order valence-corrected chi connectivity index (χ2v) is 11.2. The number of rotatable bonds is 8. The SMILES string of the molecule is Cc1nc(Nc2ccc(CN3CCN(C)CC3)c(F)c2)cc(Nc2ncc(C(=O)Nc3c(C)cccc3Cl)s2)n1. The molecule has 2 aromatic heterocycles. The summed E-state index contributed by atoms with van der Waals surface area (Å²) in [4.78, 5) is 30.9. The summed E-state index contributed by atoms with van der Waals surface area (Å²) in [5.74, 6) is 0.952. The van der Waals surface area contributed by atoms with Gasteiger partial charge in [0.1, 0.15) is 28.2 Å². The van der Waals surface area contributed by atoms with Crippen molar-refractivity contribution in [3.05, 3.63) is 81.3 Å². The first kappa shape index (κ1) is 27.9. The molecule has 4 aromatic rings. The fourth-order valence-electron chi connectivity index (χ4n) is 4.36. The minimum absolute atomic E-state index is 0.256. The van der Waals surface area contributed by atoms with Gasteiger partial charge in [0, 0.05) is 50.0 Å². The van der Waals surface area contributed by atoms with E-state index < -0.39 is 0 Å². The average Bonchev–Trinajstić information content (AvgIpc) is 3.37. The Morgan fingerprint density at radius 3 is 2.52 bits per heavy atom. The van der Waals surface area contributed by atoms with E-state index in [9.17, 15) is 9.18 Å². The van der Waals surface area contributed by atoms with Gasteiger partial charge in [0.25, 0.3) is 5.91 Å². The minimum atomic E-state index is -0.305. The van der Waals surface area contributed by atoms with Crippen molar-refractivity contribution in [2.24, 2.45) is 0 Å². The molecule has 1 fully saturated rings. The van der Waals surface area contributed by atoms with Crippen LogP contribution in [0.5, 0.6) is 0 Å². The molecule has 3 N–H and O–H groups in total. The van der Waals surface area contributed by atoms with Crippen LogP contribution in [0, 0.1) is 19.7 Å². The number of piperazine rings is 1. The Hall–Kier alpha value is -3.64. The van der Waals surface area contributed by atoms with Crippen LogP contribution < -0.4 is 16.0 Å². The van der Waals surface area contributed by atoms with Crippen LogP contribution in [0.15, 0.2) is 48.7 Å².